The summed E-state index contributed by atoms with van der Waals surface area (Å²) in [5.41, 5.74) is 5.35. The molecule has 0 fully saturated rings. The Bertz CT molecular complexity index is 1150. The maximum Gasteiger partial charge on any atom is 0.265 e. The van der Waals surface area contributed by atoms with E-state index in [0.717, 1.165) is 28.0 Å². The van der Waals surface area contributed by atoms with Gasteiger partial charge in [0.1, 0.15) is 11.5 Å². The Morgan fingerprint density at radius 1 is 1.00 bits per heavy atom. The van der Waals surface area contributed by atoms with Gasteiger partial charge in [0.15, 0.2) is 13.2 Å². The van der Waals surface area contributed by atoms with Crippen LogP contribution in [0.25, 0.3) is 0 Å². The normalized spacial score (nSPS) is 12.7. The van der Waals surface area contributed by atoms with Crippen LogP contribution in [0.3, 0.4) is 0 Å². The molecule has 2 amide bonds. The van der Waals surface area contributed by atoms with E-state index >= 15 is 0 Å². The highest BCUT2D eigenvalue weighted by atomic mass is 16.5. The summed E-state index contributed by atoms with van der Waals surface area (Å²) in [4.78, 5) is 26.8. The maximum atomic E-state index is 12.6. The SMILES string of the molecule is Cc1ccccc1CN1C(=O)COc2ccc(NC(=O)COc3c(C)cccc3C)cc21. The van der Waals surface area contributed by atoms with Crippen LogP contribution in [-0.4, -0.2) is 25.0 Å². The molecule has 4 rings (SSSR count). The fourth-order valence-electron chi connectivity index (χ4n) is 3.77. The van der Waals surface area contributed by atoms with Crippen LogP contribution in [0.1, 0.15) is 22.3 Å². The number of anilines is 2. The Labute approximate surface area is 187 Å². The summed E-state index contributed by atoms with van der Waals surface area (Å²) < 4.78 is 11.3. The number of amides is 2. The molecule has 32 heavy (non-hydrogen) atoms. The summed E-state index contributed by atoms with van der Waals surface area (Å²) in [6, 6.07) is 19.1. The summed E-state index contributed by atoms with van der Waals surface area (Å²) in [7, 11) is 0. The van der Waals surface area contributed by atoms with E-state index in [4.69, 9.17) is 9.47 Å². The molecule has 1 N–H and O–H groups in total. The second kappa shape index (κ2) is 9.14. The number of fused-ring (bicyclic) bond motifs is 1. The van der Waals surface area contributed by atoms with Gasteiger partial charge < -0.3 is 19.7 Å². The minimum Gasteiger partial charge on any atom is -0.483 e. The molecule has 1 aliphatic rings. The first-order valence-electron chi connectivity index (χ1n) is 10.5. The van der Waals surface area contributed by atoms with Crippen LogP contribution in [0.2, 0.25) is 0 Å². The molecular formula is C26H26N2O4. The van der Waals surface area contributed by atoms with Crippen molar-refractivity contribution in [1.82, 2.24) is 0 Å². The van der Waals surface area contributed by atoms with Crippen molar-refractivity contribution in [3.05, 3.63) is 82.9 Å². The molecule has 1 heterocycles. The first kappa shape index (κ1) is 21.4. The highest BCUT2D eigenvalue weighted by Crippen LogP contribution is 2.35. The van der Waals surface area contributed by atoms with Crippen molar-refractivity contribution in [3.8, 4) is 11.5 Å². The van der Waals surface area contributed by atoms with Gasteiger partial charge in [-0.05, 0) is 61.2 Å². The third-order valence-electron chi connectivity index (χ3n) is 5.53. The van der Waals surface area contributed by atoms with Crippen molar-refractivity contribution in [2.75, 3.05) is 23.4 Å². The van der Waals surface area contributed by atoms with E-state index in [-0.39, 0.29) is 25.0 Å². The van der Waals surface area contributed by atoms with Crippen LogP contribution in [0.5, 0.6) is 11.5 Å². The van der Waals surface area contributed by atoms with E-state index in [1.54, 1.807) is 23.1 Å². The average Bonchev–Trinajstić information content (AvgIpc) is 2.77. The van der Waals surface area contributed by atoms with Crippen molar-refractivity contribution in [1.29, 1.82) is 0 Å². The molecule has 3 aromatic rings. The van der Waals surface area contributed by atoms with E-state index in [1.807, 2.05) is 63.2 Å². The number of nitrogens with zero attached hydrogens (tertiary/aromatic N) is 1. The van der Waals surface area contributed by atoms with E-state index in [2.05, 4.69) is 5.32 Å². The summed E-state index contributed by atoms with van der Waals surface area (Å²) in [5, 5.41) is 2.85. The van der Waals surface area contributed by atoms with Crippen LogP contribution in [0, 0.1) is 20.8 Å². The molecule has 1 aliphatic heterocycles. The van der Waals surface area contributed by atoms with Crippen molar-refractivity contribution in [2.24, 2.45) is 0 Å². The zero-order valence-corrected chi connectivity index (χ0v) is 18.5. The predicted octanol–water partition coefficient (Wildman–Crippen LogP) is 4.55. The molecule has 0 unspecified atom stereocenters. The molecular weight excluding hydrogens is 404 g/mol. The minimum absolute atomic E-state index is 0.00575. The quantitative estimate of drug-likeness (QED) is 0.623. The van der Waals surface area contributed by atoms with E-state index in [0.29, 0.717) is 23.7 Å². The van der Waals surface area contributed by atoms with E-state index in [1.165, 1.54) is 0 Å². The number of benzene rings is 3. The Balaban J connectivity index is 1.49. The zero-order chi connectivity index (χ0) is 22.7. The minimum atomic E-state index is -0.277. The molecule has 0 saturated heterocycles. The summed E-state index contributed by atoms with van der Waals surface area (Å²) in [6.45, 7) is 6.25. The lowest BCUT2D eigenvalue weighted by Crippen LogP contribution is -2.38. The number of nitrogens with one attached hydrogen (secondary N) is 1. The number of ether oxygens (including phenoxy) is 2. The second-order valence-electron chi connectivity index (χ2n) is 7.94. The largest absolute Gasteiger partial charge is 0.483 e. The van der Waals surface area contributed by atoms with Crippen LogP contribution in [-0.2, 0) is 16.1 Å². The molecule has 0 saturated carbocycles. The number of carbonyl (C=O) groups excluding carboxylic acids is 2. The first-order chi connectivity index (χ1) is 15.4. The van der Waals surface area contributed by atoms with Gasteiger partial charge >= 0.3 is 0 Å². The van der Waals surface area contributed by atoms with Gasteiger partial charge in [-0.15, -0.1) is 0 Å². The third kappa shape index (κ3) is 4.59. The lowest BCUT2D eigenvalue weighted by Gasteiger charge is -2.30. The van der Waals surface area contributed by atoms with Crippen molar-refractivity contribution >= 4 is 23.2 Å². The Morgan fingerprint density at radius 3 is 2.47 bits per heavy atom. The molecule has 0 radical (unpaired) electrons. The van der Waals surface area contributed by atoms with Gasteiger partial charge in [-0.25, -0.2) is 0 Å². The molecule has 3 aromatic carbocycles. The predicted molar refractivity (Wildman–Crippen MR) is 124 cm³/mol. The van der Waals surface area contributed by atoms with Gasteiger partial charge in [-0.2, -0.15) is 0 Å². The molecule has 164 valence electrons. The molecule has 0 aromatic heterocycles. The Morgan fingerprint density at radius 2 is 1.72 bits per heavy atom. The smallest absolute Gasteiger partial charge is 0.265 e. The van der Waals surface area contributed by atoms with Crippen molar-refractivity contribution in [2.45, 2.75) is 27.3 Å². The fourth-order valence-corrected chi connectivity index (χ4v) is 3.77. The van der Waals surface area contributed by atoms with E-state index < -0.39 is 0 Å². The van der Waals surface area contributed by atoms with Crippen LogP contribution in [0.15, 0.2) is 60.7 Å². The summed E-state index contributed by atoms with van der Waals surface area (Å²) in [6.07, 6.45) is 0. The zero-order valence-electron chi connectivity index (χ0n) is 18.5. The number of hydrogen-bond acceptors (Lipinski definition) is 4. The van der Waals surface area contributed by atoms with Gasteiger partial charge in [0.05, 0.1) is 12.2 Å². The van der Waals surface area contributed by atoms with Gasteiger partial charge in [0.25, 0.3) is 11.8 Å². The Hall–Kier alpha value is -3.80. The van der Waals surface area contributed by atoms with Crippen LogP contribution in [0.4, 0.5) is 11.4 Å². The van der Waals surface area contributed by atoms with Crippen molar-refractivity contribution < 1.29 is 19.1 Å². The number of hydrogen-bond donors (Lipinski definition) is 1. The van der Waals surface area contributed by atoms with Gasteiger partial charge in [-0.1, -0.05) is 42.5 Å². The number of aryl methyl sites for hydroxylation is 3. The van der Waals surface area contributed by atoms with Gasteiger partial charge in [-0.3, -0.25) is 9.59 Å². The molecule has 0 bridgehead atoms. The lowest BCUT2D eigenvalue weighted by atomic mass is 10.1. The fraction of sp³-hybridized carbons (Fsp3) is 0.231. The first-order valence-corrected chi connectivity index (χ1v) is 10.5. The number of para-hydroxylation sites is 1. The summed E-state index contributed by atoms with van der Waals surface area (Å²) in [5.74, 6) is 0.933. The van der Waals surface area contributed by atoms with Gasteiger partial charge in [0, 0.05) is 5.69 Å². The number of carbonyl (C=O) groups is 2. The molecule has 6 heteroatoms. The average molecular weight is 431 g/mol. The number of rotatable bonds is 6. The van der Waals surface area contributed by atoms with Crippen LogP contribution < -0.4 is 19.7 Å². The highest BCUT2D eigenvalue weighted by Gasteiger charge is 2.26. The molecule has 0 atom stereocenters. The van der Waals surface area contributed by atoms with Crippen LogP contribution >= 0.6 is 0 Å². The maximum absolute atomic E-state index is 12.6. The topological polar surface area (TPSA) is 67.9 Å². The monoisotopic (exact) mass is 430 g/mol. The molecule has 0 spiro atoms. The third-order valence-corrected chi connectivity index (χ3v) is 5.53. The summed E-state index contributed by atoms with van der Waals surface area (Å²) >= 11 is 0. The van der Waals surface area contributed by atoms with Gasteiger partial charge in [0.2, 0.25) is 0 Å². The standard InChI is InChI=1S/C26H26N2O4/c1-17-7-4-5-10-20(17)14-28-22-13-21(11-12-23(22)31-16-25(28)30)27-24(29)15-32-26-18(2)8-6-9-19(26)3/h4-13H,14-16H2,1-3H3,(H,27,29). The molecule has 6 nitrogen and oxygen atoms in total. The highest BCUT2D eigenvalue weighted by molar-refractivity contribution is 5.99. The van der Waals surface area contributed by atoms with Crippen molar-refractivity contribution in [3.63, 3.8) is 0 Å². The second-order valence-corrected chi connectivity index (χ2v) is 7.94. The lowest BCUT2D eigenvalue weighted by molar-refractivity contribution is -0.121. The Kier molecular flexibility index (Phi) is 6.12. The molecule has 0 aliphatic carbocycles. The van der Waals surface area contributed by atoms with E-state index in [9.17, 15) is 9.59 Å².